The monoisotopic (exact) mass is 736 g/mol. The van der Waals surface area contributed by atoms with Crippen molar-refractivity contribution in [2.45, 2.75) is 0 Å². The van der Waals surface area contributed by atoms with Gasteiger partial charge in [-0.25, -0.2) is 0 Å². The van der Waals surface area contributed by atoms with Crippen molar-refractivity contribution in [2.24, 2.45) is 0 Å². The van der Waals surface area contributed by atoms with E-state index >= 15 is 0 Å². The molecular weight excluding hydrogens is 687 g/mol. The molecular formula is C56H39N. The third-order valence-corrected chi connectivity index (χ3v) is 10.1. The topological polar surface area (TPSA) is 3.24 Å². The highest BCUT2D eigenvalue weighted by Gasteiger charge is 2.20. The maximum Gasteiger partial charge on any atom is 0.0651 e. The maximum absolute atomic E-state index is 10.1. The predicted octanol–water partition coefficient (Wildman–Crippen LogP) is 15.8. The number of rotatable bonds is 8. The Balaban J connectivity index is 1.38. The maximum atomic E-state index is 10.1. The second-order valence-electron chi connectivity index (χ2n) is 13.6. The first kappa shape index (κ1) is 24.1. The van der Waals surface area contributed by atoms with Gasteiger partial charge in [-0.1, -0.05) is 200 Å². The van der Waals surface area contributed by atoms with Crippen LogP contribution in [0.25, 0.3) is 77.2 Å². The molecule has 0 unspecified atom stereocenters. The molecule has 0 fully saturated rings. The molecule has 0 aliphatic rings. The molecule has 0 N–H and O–H groups in total. The van der Waals surface area contributed by atoms with Crippen molar-refractivity contribution >= 4 is 38.6 Å². The van der Waals surface area contributed by atoms with Crippen LogP contribution < -0.4 is 4.90 Å². The Morgan fingerprint density at radius 2 is 0.895 bits per heavy atom. The first-order chi connectivity index (χ1) is 32.9. The van der Waals surface area contributed by atoms with Crippen LogP contribution in [0.15, 0.2) is 236 Å². The highest BCUT2D eigenvalue weighted by Crippen LogP contribution is 2.45. The lowest BCUT2D eigenvalue weighted by atomic mass is 9.89. The average Bonchev–Trinajstić information content (AvgIpc) is 3.37. The fourth-order valence-electron chi connectivity index (χ4n) is 7.43. The molecule has 0 bridgehead atoms. The molecule has 0 aromatic heterocycles. The summed E-state index contributed by atoms with van der Waals surface area (Å²) >= 11 is 0. The third kappa shape index (κ3) is 6.56. The lowest BCUT2D eigenvalue weighted by Crippen LogP contribution is -2.11. The number of fused-ring (bicyclic) bond motifs is 2. The van der Waals surface area contributed by atoms with E-state index in [4.69, 9.17) is 0 Å². The van der Waals surface area contributed by atoms with Gasteiger partial charge in [0.25, 0.3) is 0 Å². The van der Waals surface area contributed by atoms with Crippen molar-refractivity contribution in [1.82, 2.24) is 0 Å². The molecule has 0 atom stereocenters. The van der Waals surface area contributed by atoms with Crippen LogP contribution in [0.5, 0.6) is 0 Å². The second kappa shape index (κ2) is 15.0. The Hall–Kier alpha value is -7.48. The summed E-state index contributed by atoms with van der Waals surface area (Å²) < 4.78 is 108. The van der Waals surface area contributed by atoms with Gasteiger partial charge in [0, 0.05) is 16.9 Å². The fraction of sp³-hybridized carbons (Fsp3) is 0. The molecule has 1 heteroatoms. The Bertz CT molecular complexity index is 3600. The van der Waals surface area contributed by atoms with Crippen LogP contribution in [0.2, 0.25) is 0 Å². The van der Waals surface area contributed by atoms with Crippen molar-refractivity contribution in [3.05, 3.63) is 236 Å². The van der Waals surface area contributed by atoms with Crippen LogP contribution in [-0.4, -0.2) is 0 Å². The van der Waals surface area contributed by atoms with Gasteiger partial charge < -0.3 is 4.90 Å². The summed E-state index contributed by atoms with van der Waals surface area (Å²) in [5, 5.41) is 2.93. The van der Waals surface area contributed by atoms with Gasteiger partial charge in [-0.05, 0) is 108 Å². The number of nitrogens with zero attached hydrogens (tertiary/aromatic N) is 1. The van der Waals surface area contributed by atoms with Gasteiger partial charge in [0.1, 0.15) is 0 Å². The second-order valence-corrected chi connectivity index (χ2v) is 13.6. The van der Waals surface area contributed by atoms with E-state index in [9.17, 15) is 15.1 Å². The van der Waals surface area contributed by atoms with Crippen LogP contribution in [0.4, 0.5) is 17.1 Å². The molecule has 57 heavy (non-hydrogen) atoms. The minimum absolute atomic E-state index is 0.00755. The summed E-state index contributed by atoms with van der Waals surface area (Å²) in [6.07, 6.45) is 0. The van der Waals surface area contributed by atoms with Crippen LogP contribution in [-0.2, 0) is 0 Å². The van der Waals surface area contributed by atoms with E-state index in [2.05, 4.69) is 0 Å². The molecule has 0 spiro atoms. The summed E-state index contributed by atoms with van der Waals surface area (Å²) in [4.78, 5) is 1.11. The Kier molecular flexibility index (Phi) is 6.34. The summed E-state index contributed by atoms with van der Waals surface area (Å²) in [6.45, 7) is 0. The molecule has 10 rings (SSSR count). The van der Waals surface area contributed by atoms with Gasteiger partial charge >= 0.3 is 0 Å². The Labute approximate surface area is 349 Å². The molecule has 0 radical (unpaired) electrons. The Morgan fingerprint density at radius 1 is 0.316 bits per heavy atom. The lowest BCUT2D eigenvalue weighted by Gasteiger charge is -2.29. The summed E-state index contributed by atoms with van der Waals surface area (Å²) in [7, 11) is 0. The molecule has 10 aromatic rings. The van der Waals surface area contributed by atoms with E-state index < -0.39 is 71.8 Å². The van der Waals surface area contributed by atoms with E-state index in [0.717, 1.165) is 21.2 Å². The van der Waals surface area contributed by atoms with Gasteiger partial charge in [-0.3, -0.25) is 0 Å². The molecule has 0 saturated heterocycles. The van der Waals surface area contributed by atoms with Crippen LogP contribution in [0.1, 0.15) is 15.1 Å². The van der Waals surface area contributed by atoms with Crippen molar-refractivity contribution in [2.75, 3.05) is 4.90 Å². The third-order valence-electron chi connectivity index (χ3n) is 10.1. The predicted molar refractivity (Wildman–Crippen MR) is 243 cm³/mol. The van der Waals surface area contributed by atoms with E-state index in [1.807, 2.05) is 97.1 Å². The Morgan fingerprint density at radius 3 is 1.61 bits per heavy atom. The molecule has 0 amide bonds. The summed E-state index contributed by atoms with van der Waals surface area (Å²) in [5.74, 6) is 0. The zero-order chi connectivity index (χ0) is 47.5. The quantitative estimate of drug-likeness (QED) is 0.150. The number of hydrogen-bond acceptors (Lipinski definition) is 1. The zero-order valence-corrected chi connectivity index (χ0v) is 30.6. The van der Waals surface area contributed by atoms with E-state index in [-0.39, 0.29) is 34.0 Å². The number of anilines is 3. The normalized spacial score (nSPS) is 13.9. The van der Waals surface area contributed by atoms with Gasteiger partial charge in [-0.15, -0.1) is 0 Å². The minimum atomic E-state index is -0.658. The highest BCUT2D eigenvalue weighted by molar-refractivity contribution is 6.05. The molecule has 10 aromatic carbocycles. The van der Waals surface area contributed by atoms with Gasteiger partial charge in [0.15, 0.2) is 0 Å². The molecule has 0 saturated carbocycles. The summed E-state index contributed by atoms with van der Waals surface area (Å²) in [5.41, 5.74) is 2.16. The average molecular weight is 737 g/mol. The van der Waals surface area contributed by atoms with Crippen LogP contribution in [0.3, 0.4) is 0 Å². The van der Waals surface area contributed by atoms with Gasteiger partial charge in [0.2, 0.25) is 0 Å². The van der Waals surface area contributed by atoms with E-state index in [0.29, 0.717) is 38.6 Å². The van der Waals surface area contributed by atoms with Crippen molar-refractivity contribution in [3.8, 4) is 55.6 Å². The minimum Gasteiger partial charge on any atom is -0.310 e. The van der Waals surface area contributed by atoms with Crippen LogP contribution >= 0.6 is 0 Å². The number of benzene rings is 10. The molecule has 1 nitrogen and oxygen atoms in total. The van der Waals surface area contributed by atoms with Crippen molar-refractivity contribution in [3.63, 3.8) is 0 Å². The summed E-state index contributed by atoms with van der Waals surface area (Å²) in [6, 6.07) is 45.7. The van der Waals surface area contributed by atoms with Crippen molar-refractivity contribution < 1.29 is 15.1 Å². The number of hydrogen-bond donors (Lipinski definition) is 0. The fourth-order valence-corrected chi connectivity index (χ4v) is 7.43. The van der Waals surface area contributed by atoms with E-state index in [1.165, 1.54) is 0 Å². The van der Waals surface area contributed by atoms with Gasteiger partial charge in [-0.2, -0.15) is 0 Å². The molecule has 0 aliphatic heterocycles. The van der Waals surface area contributed by atoms with E-state index in [1.54, 1.807) is 72.8 Å². The van der Waals surface area contributed by atoms with Crippen LogP contribution in [0, 0.1) is 0 Å². The SMILES string of the molecule is [2H]c1c([2H])c(-c2cccc3ccccc23)c([2H])c(N(c2c([2H])c([2H])c(-c3c(-c4ccccc4)ccc4ccccc34)c([2H])c2[2H])c2c([2H])c([2H])c(-c3ccccc3)c([2H])c2-c2ccccc2)c1[2H]. The first-order valence-electron chi connectivity index (χ1n) is 24.2. The smallest absolute Gasteiger partial charge is 0.0651 e. The van der Waals surface area contributed by atoms with Crippen molar-refractivity contribution in [1.29, 1.82) is 0 Å². The largest absolute Gasteiger partial charge is 0.310 e. The first-order valence-corrected chi connectivity index (χ1v) is 18.7. The standard InChI is InChI=1S/C56H39N/c1-4-16-40(17-5-1)46-33-37-55(54(39-46)43-20-8-3-9-21-43)57(49-26-14-25-47(38-49)51-29-15-24-41-22-10-12-27-50(41)51)48-34-30-45(31-35-48)56-52-28-13-11-23-44(52)32-36-53(56)42-18-6-2-7-19-42/h1-39H/i14D,25D,26D,30D,31D,33D,34D,35D,37D,38D,39D. The molecule has 268 valence electrons. The molecule has 0 aliphatic carbocycles. The highest BCUT2D eigenvalue weighted by atomic mass is 15.1. The zero-order valence-electron chi connectivity index (χ0n) is 41.6. The molecule has 0 heterocycles. The van der Waals surface area contributed by atoms with Gasteiger partial charge in [0.05, 0.1) is 20.8 Å². The lowest BCUT2D eigenvalue weighted by molar-refractivity contribution is 1.28.